The van der Waals surface area contributed by atoms with Crippen molar-refractivity contribution < 1.29 is 14.6 Å². The third-order valence-electron chi connectivity index (χ3n) is 5.67. The van der Waals surface area contributed by atoms with Gasteiger partial charge in [0.25, 0.3) is 5.91 Å². The van der Waals surface area contributed by atoms with Gasteiger partial charge in [-0.05, 0) is 50.5 Å². The van der Waals surface area contributed by atoms with Gasteiger partial charge in [-0.25, -0.2) is 4.98 Å². The van der Waals surface area contributed by atoms with Crippen molar-refractivity contribution >= 4 is 5.91 Å². The fourth-order valence-corrected chi connectivity index (χ4v) is 4.00. The maximum atomic E-state index is 12.9. The molecule has 0 aliphatic carbocycles. The van der Waals surface area contributed by atoms with Gasteiger partial charge in [-0.1, -0.05) is 45.0 Å². The van der Waals surface area contributed by atoms with Crippen LogP contribution in [0.25, 0.3) is 11.4 Å². The van der Waals surface area contributed by atoms with Gasteiger partial charge in [0, 0.05) is 36.2 Å². The summed E-state index contributed by atoms with van der Waals surface area (Å²) >= 11 is 0. The number of nitrogens with zero attached hydrogens (tertiary/aromatic N) is 4. The zero-order valence-corrected chi connectivity index (χ0v) is 21.9. The van der Waals surface area contributed by atoms with Crippen LogP contribution in [0.5, 0.6) is 5.75 Å². The van der Waals surface area contributed by atoms with E-state index in [2.05, 4.69) is 37.3 Å². The van der Waals surface area contributed by atoms with E-state index in [9.17, 15) is 15.2 Å². The summed E-state index contributed by atoms with van der Waals surface area (Å²) in [7, 11) is 1.90. The summed E-state index contributed by atoms with van der Waals surface area (Å²) in [6.07, 6.45) is 0.880. The summed E-state index contributed by atoms with van der Waals surface area (Å²) in [4.78, 5) is 17.6. The van der Waals surface area contributed by atoms with Crippen molar-refractivity contribution in [3.63, 3.8) is 0 Å². The number of aliphatic hydroxyl groups excluding tert-OH is 1. The second-order valence-electron chi connectivity index (χ2n) is 10.2. The SMILES string of the molecule is CC(C)Oc1ccc(C(=O)NC(CCO)Cc2ccc(-c3nc(C(C)(C)C)n(C)n3)cc2)cc1C#N. The molecule has 0 spiro atoms. The highest BCUT2D eigenvalue weighted by atomic mass is 16.5. The summed E-state index contributed by atoms with van der Waals surface area (Å²) in [5, 5.41) is 26.6. The standard InChI is InChI=1S/C28H35N5O3/c1-18(2)36-24-12-11-21(16-22(24)17-29)26(35)30-23(13-14-34)15-19-7-9-20(10-8-19)25-31-27(28(3,4)5)33(6)32-25/h7-12,16,18,23,34H,13-15H2,1-6H3,(H,30,35). The molecule has 8 nitrogen and oxygen atoms in total. The van der Waals surface area contributed by atoms with Crippen LogP contribution in [-0.4, -0.2) is 44.5 Å². The Kier molecular flexibility index (Phi) is 8.49. The number of rotatable bonds is 9. The molecule has 2 aromatic carbocycles. The molecule has 0 radical (unpaired) electrons. The molecule has 3 rings (SSSR count). The van der Waals surface area contributed by atoms with Gasteiger partial charge in [0.15, 0.2) is 5.82 Å². The number of carbonyl (C=O) groups excluding carboxylic acids is 1. The quantitative estimate of drug-likeness (QED) is 0.467. The first kappa shape index (κ1) is 26.9. The lowest BCUT2D eigenvalue weighted by molar-refractivity contribution is 0.0930. The molecule has 8 heteroatoms. The number of hydrogen-bond acceptors (Lipinski definition) is 6. The van der Waals surface area contributed by atoms with E-state index in [0.29, 0.717) is 35.5 Å². The average Bonchev–Trinajstić information content (AvgIpc) is 3.21. The predicted octanol–water partition coefficient (Wildman–Crippen LogP) is 4.16. The number of ether oxygens (including phenoxy) is 1. The Balaban J connectivity index is 1.72. The molecular weight excluding hydrogens is 454 g/mol. The van der Waals surface area contributed by atoms with Gasteiger partial charge in [-0.15, -0.1) is 0 Å². The first-order valence-electron chi connectivity index (χ1n) is 12.1. The van der Waals surface area contributed by atoms with Crippen LogP contribution in [0.15, 0.2) is 42.5 Å². The Morgan fingerprint density at radius 3 is 2.44 bits per heavy atom. The van der Waals surface area contributed by atoms with Gasteiger partial charge in [-0.3, -0.25) is 9.48 Å². The molecule has 0 aliphatic rings. The largest absolute Gasteiger partial charge is 0.490 e. The number of carbonyl (C=O) groups is 1. The van der Waals surface area contributed by atoms with Gasteiger partial charge in [0.2, 0.25) is 0 Å². The predicted molar refractivity (Wildman–Crippen MR) is 139 cm³/mol. The molecule has 0 fully saturated rings. The number of aliphatic hydroxyl groups is 1. The van der Waals surface area contributed by atoms with Crippen molar-refractivity contribution in [3.05, 3.63) is 65.0 Å². The minimum absolute atomic E-state index is 0.0545. The van der Waals surface area contributed by atoms with Crippen LogP contribution in [0.1, 0.15) is 68.3 Å². The molecule has 3 aromatic rings. The molecule has 0 saturated carbocycles. The lowest BCUT2D eigenvalue weighted by Gasteiger charge is -2.19. The lowest BCUT2D eigenvalue weighted by atomic mass is 9.96. The van der Waals surface area contributed by atoms with E-state index >= 15 is 0 Å². The number of aryl methyl sites for hydroxylation is 1. The maximum Gasteiger partial charge on any atom is 0.251 e. The van der Waals surface area contributed by atoms with Crippen molar-refractivity contribution in [1.82, 2.24) is 20.1 Å². The topological polar surface area (TPSA) is 113 Å². The molecule has 1 atom stereocenters. The molecule has 190 valence electrons. The second kappa shape index (κ2) is 11.4. The Labute approximate surface area is 212 Å². The number of hydrogen-bond donors (Lipinski definition) is 2. The Hall–Kier alpha value is -3.70. The molecule has 1 heterocycles. The fraction of sp³-hybridized carbons (Fsp3) is 0.429. The van der Waals surface area contributed by atoms with Gasteiger partial charge in [-0.2, -0.15) is 10.4 Å². The van der Waals surface area contributed by atoms with Crippen LogP contribution >= 0.6 is 0 Å². The molecule has 1 aromatic heterocycles. The first-order chi connectivity index (χ1) is 17.0. The summed E-state index contributed by atoms with van der Waals surface area (Å²) in [5.41, 5.74) is 2.51. The van der Waals surface area contributed by atoms with E-state index in [1.807, 2.05) is 49.8 Å². The molecule has 1 unspecified atom stereocenters. The summed E-state index contributed by atoms with van der Waals surface area (Å²) in [6, 6.07) is 14.6. The van der Waals surface area contributed by atoms with E-state index in [0.717, 1.165) is 17.0 Å². The number of benzene rings is 2. The zero-order valence-electron chi connectivity index (χ0n) is 21.9. The first-order valence-corrected chi connectivity index (χ1v) is 12.1. The highest BCUT2D eigenvalue weighted by molar-refractivity contribution is 5.95. The van der Waals surface area contributed by atoms with Gasteiger partial charge in [0.1, 0.15) is 17.6 Å². The molecule has 0 aliphatic heterocycles. The molecule has 0 saturated heterocycles. The van der Waals surface area contributed by atoms with Crippen LogP contribution in [0.4, 0.5) is 0 Å². The number of nitrogens with one attached hydrogen (secondary N) is 1. The highest BCUT2D eigenvalue weighted by Gasteiger charge is 2.22. The third kappa shape index (κ3) is 6.70. The van der Waals surface area contributed by atoms with Gasteiger partial charge < -0.3 is 15.2 Å². The van der Waals surface area contributed by atoms with Crippen molar-refractivity contribution in [3.8, 4) is 23.2 Å². The minimum Gasteiger partial charge on any atom is -0.490 e. The lowest BCUT2D eigenvalue weighted by Crippen LogP contribution is -2.37. The molecular formula is C28H35N5O3. The van der Waals surface area contributed by atoms with Crippen molar-refractivity contribution in [2.45, 2.75) is 65.0 Å². The number of nitriles is 1. The van der Waals surface area contributed by atoms with Crippen LogP contribution in [0.3, 0.4) is 0 Å². The summed E-state index contributed by atoms with van der Waals surface area (Å²) < 4.78 is 7.45. The van der Waals surface area contributed by atoms with Crippen molar-refractivity contribution in [1.29, 1.82) is 5.26 Å². The normalized spacial score (nSPS) is 12.3. The summed E-state index contributed by atoms with van der Waals surface area (Å²) in [5.74, 6) is 1.74. The fourth-order valence-electron chi connectivity index (χ4n) is 4.00. The van der Waals surface area contributed by atoms with Gasteiger partial charge in [0.05, 0.1) is 11.7 Å². The molecule has 2 N–H and O–H groups in total. The summed E-state index contributed by atoms with van der Waals surface area (Å²) in [6.45, 7) is 10.0. The Bertz CT molecular complexity index is 1230. The smallest absolute Gasteiger partial charge is 0.251 e. The molecule has 0 bridgehead atoms. The van der Waals surface area contributed by atoms with Crippen LogP contribution < -0.4 is 10.1 Å². The van der Waals surface area contributed by atoms with E-state index in [-0.39, 0.29) is 30.1 Å². The van der Waals surface area contributed by atoms with E-state index in [4.69, 9.17) is 9.72 Å². The molecule has 36 heavy (non-hydrogen) atoms. The van der Waals surface area contributed by atoms with Gasteiger partial charge >= 0.3 is 0 Å². The third-order valence-corrected chi connectivity index (χ3v) is 5.67. The zero-order chi connectivity index (χ0) is 26.5. The van der Waals surface area contributed by atoms with Crippen molar-refractivity contribution in [2.24, 2.45) is 7.05 Å². The second-order valence-corrected chi connectivity index (χ2v) is 10.2. The Morgan fingerprint density at radius 1 is 1.19 bits per heavy atom. The van der Waals surface area contributed by atoms with Crippen LogP contribution in [0, 0.1) is 11.3 Å². The maximum absolute atomic E-state index is 12.9. The minimum atomic E-state index is -0.301. The van der Waals surface area contributed by atoms with Crippen LogP contribution in [-0.2, 0) is 18.9 Å². The number of aromatic nitrogens is 3. The number of amides is 1. The van der Waals surface area contributed by atoms with E-state index in [1.54, 1.807) is 12.1 Å². The van der Waals surface area contributed by atoms with E-state index in [1.165, 1.54) is 6.07 Å². The van der Waals surface area contributed by atoms with Crippen molar-refractivity contribution in [2.75, 3.05) is 6.61 Å². The monoisotopic (exact) mass is 489 g/mol. The highest BCUT2D eigenvalue weighted by Crippen LogP contribution is 2.24. The molecule has 1 amide bonds. The van der Waals surface area contributed by atoms with Crippen LogP contribution in [0.2, 0.25) is 0 Å². The average molecular weight is 490 g/mol. The van der Waals surface area contributed by atoms with E-state index < -0.39 is 0 Å². The Morgan fingerprint density at radius 2 is 1.89 bits per heavy atom.